The molecular weight excluding hydrogens is 250 g/mol. The maximum Gasteiger partial charge on any atom is 0.124 e. The molecule has 1 aromatic rings. The van der Waals surface area contributed by atoms with Crippen molar-refractivity contribution in [3.8, 4) is 5.75 Å². The van der Waals surface area contributed by atoms with Crippen LogP contribution in [-0.4, -0.2) is 24.9 Å². The molecule has 1 aromatic carbocycles. The van der Waals surface area contributed by atoms with Gasteiger partial charge in [-0.25, -0.2) is 0 Å². The third-order valence-electron chi connectivity index (χ3n) is 3.31. The van der Waals surface area contributed by atoms with Crippen molar-refractivity contribution in [2.45, 2.75) is 32.7 Å². The molecule has 3 nitrogen and oxygen atoms in total. The van der Waals surface area contributed by atoms with Gasteiger partial charge in [0.05, 0.1) is 0 Å². The predicted octanol–water partition coefficient (Wildman–Crippen LogP) is 3.14. The molecule has 0 amide bonds. The number of hydrogen-bond acceptors (Lipinski definition) is 3. The van der Waals surface area contributed by atoms with Crippen molar-refractivity contribution in [2.24, 2.45) is 5.92 Å². The summed E-state index contributed by atoms with van der Waals surface area (Å²) in [5.74, 6) is 1.46. The molecule has 0 spiro atoms. The summed E-state index contributed by atoms with van der Waals surface area (Å²) in [6, 6.07) is 8.06. The highest BCUT2D eigenvalue weighted by atomic mass is 16.5. The summed E-state index contributed by atoms with van der Waals surface area (Å²) in [5, 5.41) is 12.5. The van der Waals surface area contributed by atoms with E-state index in [0.29, 0.717) is 12.5 Å². The van der Waals surface area contributed by atoms with Gasteiger partial charge in [0, 0.05) is 18.7 Å². The van der Waals surface area contributed by atoms with E-state index in [4.69, 9.17) is 9.84 Å². The third-order valence-corrected chi connectivity index (χ3v) is 3.31. The lowest BCUT2D eigenvalue weighted by atomic mass is 10.00. The Morgan fingerprint density at radius 2 is 2.15 bits per heavy atom. The topological polar surface area (TPSA) is 41.5 Å². The molecule has 2 N–H and O–H groups in total. The number of nitrogens with one attached hydrogen (secondary N) is 1. The molecule has 0 radical (unpaired) electrons. The van der Waals surface area contributed by atoms with Gasteiger partial charge in [0.15, 0.2) is 0 Å². The van der Waals surface area contributed by atoms with Crippen molar-refractivity contribution in [3.05, 3.63) is 42.5 Å². The molecule has 1 rings (SSSR count). The second kappa shape index (κ2) is 10.5. The van der Waals surface area contributed by atoms with Gasteiger partial charge in [-0.05, 0) is 31.4 Å². The quantitative estimate of drug-likeness (QED) is 0.611. The van der Waals surface area contributed by atoms with Crippen molar-refractivity contribution in [2.75, 3.05) is 19.8 Å². The highest BCUT2D eigenvalue weighted by molar-refractivity contribution is 5.33. The molecule has 0 aliphatic rings. The van der Waals surface area contributed by atoms with Gasteiger partial charge in [0.25, 0.3) is 0 Å². The van der Waals surface area contributed by atoms with Gasteiger partial charge in [0.2, 0.25) is 0 Å². The van der Waals surface area contributed by atoms with Crippen molar-refractivity contribution < 1.29 is 9.84 Å². The molecule has 0 saturated carbocycles. The van der Waals surface area contributed by atoms with E-state index in [1.807, 2.05) is 18.2 Å². The van der Waals surface area contributed by atoms with Gasteiger partial charge in [-0.2, -0.15) is 0 Å². The predicted molar refractivity (Wildman–Crippen MR) is 83.9 cm³/mol. The van der Waals surface area contributed by atoms with Crippen LogP contribution < -0.4 is 10.1 Å². The standard InChI is InChI=1S/C17H27NO2/c1-3-7-15(10-11-19)13-18-14-16-8-5-6-9-17(16)20-12-4-2/h4-6,8-9,15,18-19H,2-3,7,10-14H2,1H3. The van der Waals surface area contributed by atoms with Crippen molar-refractivity contribution >= 4 is 0 Å². The molecule has 0 heterocycles. The van der Waals surface area contributed by atoms with Crippen LogP contribution in [0.1, 0.15) is 31.7 Å². The van der Waals surface area contributed by atoms with E-state index < -0.39 is 0 Å². The maximum atomic E-state index is 9.06. The summed E-state index contributed by atoms with van der Waals surface area (Å²) < 4.78 is 5.64. The number of para-hydroxylation sites is 1. The van der Waals surface area contributed by atoms with Crippen LogP contribution in [0.15, 0.2) is 36.9 Å². The fourth-order valence-corrected chi connectivity index (χ4v) is 2.29. The van der Waals surface area contributed by atoms with E-state index in [1.165, 1.54) is 0 Å². The van der Waals surface area contributed by atoms with Crippen LogP contribution in [0.4, 0.5) is 0 Å². The zero-order chi connectivity index (χ0) is 14.6. The Hall–Kier alpha value is -1.32. The molecule has 0 saturated heterocycles. The normalized spacial score (nSPS) is 12.1. The maximum absolute atomic E-state index is 9.06. The Kier molecular flexibility index (Phi) is 8.76. The Morgan fingerprint density at radius 1 is 1.35 bits per heavy atom. The first-order valence-corrected chi connectivity index (χ1v) is 7.45. The Bertz CT molecular complexity index is 373. The fraction of sp³-hybridized carbons (Fsp3) is 0.529. The van der Waals surface area contributed by atoms with E-state index in [2.05, 4.69) is 24.9 Å². The van der Waals surface area contributed by atoms with Gasteiger partial charge in [-0.15, -0.1) is 0 Å². The van der Waals surface area contributed by atoms with Crippen LogP contribution in [0.3, 0.4) is 0 Å². The largest absolute Gasteiger partial charge is 0.489 e. The smallest absolute Gasteiger partial charge is 0.124 e. The lowest BCUT2D eigenvalue weighted by molar-refractivity contribution is 0.247. The molecule has 20 heavy (non-hydrogen) atoms. The number of hydrogen-bond donors (Lipinski definition) is 2. The van der Waals surface area contributed by atoms with Gasteiger partial charge >= 0.3 is 0 Å². The number of rotatable bonds is 11. The Morgan fingerprint density at radius 3 is 2.85 bits per heavy atom. The summed E-state index contributed by atoms with van der Waals surface area (Å²) in [7, 11) is 0. The van der Waals surface area contributed by atoms with Gasteiger partial charge in [-0.3, -0.25) is 0 Å². The van der Waals surface area contributed by atoms with Crippen LogP contribution in [-0.2, 0) is 6.54 Å². The average Bonchev–Trinajstić information content (AvgIpc) is 2.46. The number of aliphatic hydroxyl groups excluding tert-OH is 1. The first kappa shape index (κ1) is 16.7. The summed E-state index contributed by atoms with van der Waals surface area (Å²) in [4.78, 5) is 0. The molecule has 0 bridgehead atoms. The molecular formula is C17H27NO2. The van der Waals surface area contributed by atoms with Crippen LogP contribution in [0.2, 0.25) is 0 Å². The first-order chi connectivity index (χ1) is 9.81. The first-order valence-electron chi connectivity index (χ1n) is 7.45. The van der Waals surface area contributed by atoms with E-state index in [0.717, 1.165) is 43.7 Å². The lowest BCUT2D eigenvalue weighted by Crippen LogP contribution is -2.23. The monoisotopic (exact) mass is 277 g/mol. The summed E-state index contributed by atoms with van der Waals surface area (Å²) in [5.41, 5.74) is 1.16. The summed E-state index contributed by atoms with van der Waals surface area (Å²) >= 11 is 0. The second-order valence-electron chi connectivity index (χ2n) is 5.01. The van der Waals surface area contributed by atoms with Gasteiger partial charge < -0.3 is 15.2 Å². The minimum Gasteiger partial charge on any atom is -0.489 e. The van der Waals surface area contributed by atoms with Crippen molar-refractivity contribution in [1.29, 1.82) is 0 Å². The molecule has 0 aliphatic carbocycles. The van der Waals surface area contributed by atoms with Crippen LogP contribution in [0, 0.1) is 5.92 Å². The Balaban J connectivity index is 2.45. The van der Waals surface area contributed by atoms with Crippen LogP contribution in [0.5, 0.6) is 5.75 Å². The molecule has 3 heteroatoms. The lowest BCUT2D eigenvalue weighted by Gasteiger charge is -2.16. The summed E-state index contributed by atoms with van der Waals surface area (Å²) in [6.45, 7) is 8.37. The van der Waals surface area contributed by atoms with Crippen molar-refractivity contribution in [3.63, 3.8) is 0 Å². The summed E-state index contributed by atoms with van der Waals surface area (Å²) in [6.07, 6.45) is 4.94. The van der Waals surface area contributed by atoms with E-state index >= 15 is 0 Å². The molecule has 0 aromatic heterocycles. The third kappa shape index (κ3) is 6.22. The number of aliphatic hydroxyl groups is 1. The molecule has 1 atom stereocenters. The number of benzene rings is 1. The molecule has 112 valence electrons. The van der Waals surface area contributed by atoms with Gasteiger partial charge in [0.1, 0.15) is 12.4 Å². The SMILES string of the molecule is C=CCOc1ccccc1CNCC(CCC)CCO. The second-order valence-corrected chi connectivity index (χ2v) is 5.01. The molecule has 0 aliphatic heterocycles. The Labute approximate surface area is 122 Å². The van der Waals surface area contributed by atoms with Crippen LogP contribution >= 0.6 is 0 Å². The van der Waals surface area contributed by atoms with Gasteiger partial charge in [-0.1, -0.05) is 44.2 Å². The minimum absolute atomic E-state index is 0.269. The van der Waals surface area contributed by atoms with E-state index in [-0.39, 0.29) is 6.61 Å². The van der Waals surface area contributed by atoms with E-state index in [1.54, 1.807) is 6.08 Å². The zero-order valence-electron chi connectivity index (χ0n) is 12.5. The highest BCUT2D eigenvalue weighted by Crippen LogP contribution is 2.18. The fourth-order valence-electron chi connectivity index (χ4n) is 2.29. The number of ether oxygens (including phenoxy) is 1. The molecule has 1 unspecified atom stereocenters. The molecule has 0 fully saturated rings. The highest BCUT2D eigenvalue weighted by Gasteiger charge is 2.08. The van der Waals surface area contributed by atoms with Crippen LogP contribution in [0.25, 0.3) is 0 Å². The zero-order valence-corrected chi connectivity index (χ0v) is 12.5. The van der Waals surface area contributed by atoms with E-state index in [9.17, 15) is 0 Å². The minimum atomic E-state index is 0.269. The van der Waals surface area contributed by atoms with Crippen molar-refractivity contribution in [1.82, 2.24) is 5.32 Å². The average molecular weight is 277 g/mol.